The molecule has 21 heavy (non-hydrogen) atoms. The molecule has 0 radical (unpaired) electrons. The first-order valence-corrected chi connectivity index (χ1v) is 7.60. The highest BCUT2D eigenvalue weighted by Crippen LogP contribution is 2.23. The standard InChI is InChI=1S/C15H15N5S/c1-11-5-6-14(12(2)8-11)20-15(17-18-19-20)21-10-13-4-3-7-16-9-13/h3-9H,10H2,1-2H3. The Hall–Kier alpha value is -2.21. The Balaban J connectivity index is 1.84. The Kier molecular flexibility index (Phi) is 3.96. The lowest BCUT2D eigenvalue weighted by Gasteiger charge is -2.08. The van der Waals surface area contributed by atoms with Crippen LogP contribution in [-0.2, 0) is 5.75 Å². The van der Waals surface area contributed by atoms with Crippen LogP contribution in [0.3, 0.4) is 0 Å². The molecule has 0 bridgehead atoms. The van der Waals surface area contributed by atoms with Gasteiger partial charge in [-0.15, -0.1) is 5.10 Å². The molecule has 3 rings (SSSR count). The summed E-state index contributed by atoms with van der Waals surface area (Å²) in [5.41, 5.74) is 4.55. The van der Waals surface area contributed by atoms with Crippen molar-refractivity contribution in [1.82, 2.24) is 25.2 Å². The second kappa shape index (κ2) is 6.05. The summed E-state index contributed by atoms with van der Waals surface area (Å²) < 4.78 is 1.79. The van der Waals surface area contributed by atoms with Crippen LogP contribution in [0, 0.1) is 13.8 Å². The Bertz CT molecular complexity index is 739. The van der Waals surface area contributed by atoms with E-state index >= 15 is 0 Å². The fraction of sp³-hybridized carbons (Fsp3) is 0.200. The number of hydrogen-bond donors (Lipinski definition) is 0. The number of pyridine rings is 1. The molecule has 6 heteroatoms. The molecule has 2 heterocycles. The van der Waals surface area contributed by atoms with Crippen molar-refractivity contribution in [3.05, 3.63) is 59.4 Å². The van der Waals surface area contributed by atoms with Crippen LogP contribution in [0.2, 0.25) is 0 Å². The number of nitrogens with zero attached hydrogens (tertiary/aromatic N) is 5. The maximum Gasteiger partial charge on any atom is 0.214 e. The second-order valence-corrected chi connectivity index (χ2v) is 5.76. The van der Waals surface area contributed by atoms with Gasteiger partial charge in [-0.25, -0.2) is 0 Å². The number of thioether (sulfide) groups is 1. The lowest BCUT2D eigenvalue weighted by atomic mass is 10.1. The zero-order chi connectivity index (χ0) is 14.7. The maximum absolute atomic E-state index is 4.12. The highest BCUT2D eigenvalue weighted by Gasteiger charge is 2.11. The Morgan fingerprint density at radius 2 is 2.10 bits per heavy atom. The van der Waals surface area contributed by atoms with E-state index in [-0.39, 0.29) is 0 Å². The van der Waals surface area contributed by atoms with Crippen molar-refractivity contribution in [3.8, 4) is 5.69 Å². The summed E-state index contributed by atoms with van der Waals surface area (Å²) in [5.74, 6) is 0.791. The van der Waals surface area contributed by atoms with E-state index in [1.807, 2.05) is 18.3 Å². The maximum atomic E-state index is 4.12. The summed E-state index contributed by atoms with van der Waals surface area (Å²) in [4.78, 5) is 4.12. The number of hydrogen-bond acceptors (Lipinski definition) is 5. The molecule has 0 N–H and O–H groups in total. The van der Waals surface area contributed by atoms with E-state index < -0.39 is 0 Å². The van der Waals surface area contributed by atoms with Gasteiger partial charge in [-0.3, -0.25) is 4.98 Å². The van der Waals surface area contributed by atoms with Crippen LogP contribution in [0.5, 0.6) is 0 Å². The zero-order valence-corrected chi connectivity index (χ0v) is 12.7. The molecule has 0 fully saturated rings. The normalized spacial score (nSPS) is 10.8. The van der Waals surface area contributed by atoms with Gasteiger partial charge in [0.15, 0.2) is 0 Å². The van der Waals surface area contributed by atoms with Crippen molar-refractivity contribution < 1.29 is 0 Å². The van der Waals surface area contributed by atoms with Crippen molar-refractivity contribution >= 4 is 11.8 Å². The van der Waals surface area contributed by atoms with Gasteiger partial charge in [0.05, 0.1) is 5.69 Å². The van der Waals surface area contributed by atoms with Crippen molar-refractivity contribution in [2.45, 2.75) is 24.8 Å². The van der Waals surface area contributed by atoms with Gasteiger partial charge in [0.2, 0.25) is 5.16 Å². The number of benzene rings is 1. The Morgan fingerprint density at radius 1 is 1.19 bits per heavy atom. The van der Waals surface area contributed by atoms with Gasteiger partial charge in [0.25, 0.3) is 0 Å². The first-order chi connectivity index (χ1) is 10.2. The first kappa shape index (κ1) is 13.8. The molecule has 0 amide bonds. The van der Waals surface area contributed by atoms with E-state index in [1.165, 1.54) is 5.56 Å². The van der Waals surface area contributed by atoms with Crippen LogP contribution in [0.15, 0.2) is 47.9 Å². The molecule has 0 atom stereocenters. The molecule has 2 aromatic heterocycles. The average Bonchev–Trinajstić information content (AvgIpc) is 2.94. The van der Waals surface area contributed by atoms with Crippen molar-refractivity contribution in [2.24, 2.45) is 0 Å². The third kappa shape index (κ3) is 3.11. The molecule has 0 unspecified atom stereocenters. The minimum absolute atomic E-state index is 0.783. The van der Waals surface area contributed by atoms with Crippen LogP contribution in [-0.4, -0.2) is 25.2 Å². The molecule has 0 aliphatic rings. The summed E-state index contributed by atoms with van der Waals surface area (Å²) in [5, 5.41) is 12.8. The van der Waals surface area contributed by atoms with Crippen molar-refractivity contribution in [2.75, 3.05) is 0 Å². The van der Waals surface area contributed by atoms with Gasteiger partial charge in [0.1, 0.15) is 0 Å². The highest BCUT2D eigenvalue weighted by molar-refractivity contribution is 7.98. The third-order valence-corrected chi connectivity index (χ3v) is 4.10. The van der Waals surface area contributed by atoms with E-state index in [2.05, 4.69) is 52.6 Å². The van der Waals surface area contributed by atoms with E-state index in [0.29, 0.717) is 0 Å². The SMILES string of the molecule is Cc1ccc(-n2nnnc2SCc2cccnc2)c(C)c1. The van der Waals surface area contributed by atoms with Crippen molar-refractivity contribution in [1.29, 1.82) is 0 Å². The summed E-state index contributed by atoms with van der Waals surface area (Å²) >= 11 is 1.60. The van der Waals surface area contributed by atoms with E-state index in [9.17, 15) is 0 Å². The average molecular weight is 297 g/mol. The third-order valence-electron chi connectivity index (χ3n) is 3.11. The van der Waals surface area contributed by atoms with Gasteiger partial charge >= 0.3 is 0 Å². The molecule has 0 aliphatic carbocycles. The predicted molar refractivity (Wildman–Crippen MR) is 82.4 cm³/mol. The minimum Gasteiger partial charge on any atom is -0.264 e. The molecular formula is C15H15N5S. The lowest BCUT2D eigenvalue weighted by Crippen LogP contribution is -2.01. The topological polar surface area (TPSA) is 56.5 Å². The van der Waals surface area contributed by atoms with Crippen LogP contribution < -0.4 is 0 Å². The van der Waals surface area contributed by atoms with Crippen LogP contribution in [0.25, 0.3) is 5.69 Å². The number of tetrazole rings is 1. The summed E-state index contributed by atoms with van der Waals surface area (Å²) in [6.07, 6.45) is 3.63. The van der Waals surface area contributed by atoms with Crippen LogP contribution in [0.4, 0.5) is 0 Å². The largest absolute Gasteiger partial charge is 0.264 e. The quantitative estimate of drug-likeness (QED) is 0.693. The molecule has 106 valence electrons. The second-order valence-electron chi connectivity index (χ2n) is 4.81. The summed E-state index contributed by atoms with van der Waals surface area (Å²) in [6, 6.07) is 10.2. The van der Waals surface area contributed by atoms with E-state index in [0.717, 1.165) is 27.7 Å². The number of aromatic nitrogens is 5. The highest BCUT2D eigenvalue weighted by atomic mass is 32.2. The molecule has 0 spiro atoms. The van der Waals surface area contributed by atoms with Gasteiger partial charge in [-0.2, -0.15) is 4.68 Å². The molecule has 0 saturated heterocycles. The first-order valence-electron chi connectivity index (χ1n) is 6.62. The number of aryl methyl sites for hydroxylation is 2. The van der Waals surface area contributed by atoms with Gasteiger partial charge < -0.3 is 0 Å². The zero-order valence-electron chi connectivity index (χ0n) is 11.9. The molecule has 0 aliphatic heterocycles. The fourth-order valence-corrected chi connectivity index (χ4v) is 2.91. The van der Waals surface area contributed by atoms with Crippen molar-refractivity contribution in [3.63, 3.8) is 0 Å². The molecule has 1 aromatic carbocycles. The monoisotopic (exact) mass is 297 g/mol. The van der Waals surface area contributed by atoms with Gasteiger partial charge in [-0.05, 0) is 47.5 Å². The van der Waals surface area contributed by atoms with E-state index in [1.54, 1.807) is 22.6 Å². The number of rotatable bonds is 4. The van der Waals surface area contributed by atoms with Gasteiger partial charge in [-0.1, -0.05) is 35.5 Å². The fourth-order valence-electron chi connectivity index (χ4n) is 2.09. The minimum atomic E-state index is 0.783. The van der Waals surface area contributed by atoms with Crippen LogP contribution in [0.1, 0.15) is 16.7 Å². The molecule has 3 aromatic rings. The predicted octanol–water partition coefficient (Wildman–Crippen LogP) is 2.97. The smallest absolute Gasteiger partial charge is 0.214 e. The summed E-state index contributed by atoms with van der Waals surface area (Å²) in [6.45, 7) is 4.15. The Morgan fingerprint density at radius 3 is 2.86 bits per heavy atom. The Labute approximate surface area is 127 Å². The van der Waals surface area contributed by atoms with E-state index in [4.69, 9.17) is 0 Å². The molecule has 5 nitrogen and oxygen atoms in total. The summed E-state index contributed by atoms with van der Waals surface area (Å²) in [7, 11) is 0. The lowest BCUT2D eigenvalue weighted by molar-refractivity contribution is 0.751. The molecule has 0 saturated carbocycles. The van der Waals surface area contributed by atoms with Gasteiger partial charge in [0, 0.05) is 18.1 Å². The van der Waals surface area contributed by atoms with Crippen LogP contribution >= 0.6 is 11.8 Å². The molecular weight excluding hydrogens is 282 g/mol.